The zero-order chi connectivity index (χ0) is 13.3. The molecule has 1 spiro atoms. The van der Waals surface area contributed by atoms with E-state index in [-0.39, 0.29) is 28.9 Å². The third kappa shape index (κ3) is 0.822. The van der Waals surface area contributed by atoms with Crippen molar-refractivity contribution in [3.8, 4) is 0 Å². The maximum atomic E-state index is 12.5. The lowest BCUT2D eigenvalue weighted by Crippen LogP contribution is -2.84. The molecule has 2 saturated carbocycles. The van der Waals surface area contributed by atoms with E-state index in [0.29, 0.717) is 24.0 Å². The quantitative estimate of drug-likeness (QED) is 0.492. The Morgan fingerprint density at radius 3 is 3.10 bits per heavy atom. The predicted octanol–water partition coefficient (Wildman–Crippen LogP) is 1.19. The van der Waals surface area contributed by atoms with Crippen molar-refractivity contribution >= 4 is 5.97 Å². The molecule has 4 heteroatoms. The number of esters is 1. The number of epoxide rings is 1. The first-order valence-corrected chi connectivity index (χ1v) is 8.30. The van der Waals surface area contributed by atoms with Crippen molar-refractivity contribution in [1.29, 1.82) is 0 Å². The number of ether oxygens (including phenoxy) is 2. The first-order chi connectivity index (χ1) is 9.69. The molecule has 0 aromatic carbocycles. The lowest BCUT2D eigenvalue weighted by Gasteiger charge is -2.75. The van der Waals surface area contributed by atoms with E-state index in [4.69, 9.17) is 9.47 Å². The van der Waals surface area contributed by atoms with E-state index in [1.165, 1.54) is 25.8 Å². The Morgan fingerprint density at radius 2 is 2.25 bits per heavy atom. The van der Waals surface area contributed by atoms with Crippen LogP contribution >= 0.6 is 0 Å². The second-order valence-corrected chi connectivity index (χ2v) is 8.02. The minimum absolute atomic E-state index is 0.0884. The van der Waals surface area contributed by atoms with Gasteiger partial charge in [0.15, 0.2) is 0 Å². The van der Waals surface area contributed by atoms with Crippen molar-refractivity contribution in [2.45, 2.75) is 56.5 Å². The minimum atomic E-state index is 0.0884. The molecule has 0 amide bonds. The second-order valence-electron chi connectivity index (χ2n) is 8.02. The summed E-state index contributed by atoms with van der Waals surface area (Å²) in [6, 6.07) is 0. The lowest BCUT2D eigenvalue weighted by molar-refractivity contribution is -0.269. The Kier molecular flexibility index (Phi) is 1.63. The van der Waals surface area contributed by atoms with Crippen molar-refractivity contribution in [1.82, 2.24) is 4.90 Å². The smallest absolute Gasteiger partial charge is 0.310 e. The van der Waals surface area contributed by atoms with Gasteiger partial charge in [0.25, 0.3) is 0 Å². The van der Waals surface area contributed by atoms with Crippen LogP contribution in [0.3, 0.4) is 0 Å². The van der Waals surface area contributed by atoms with Gasteiger partial charge in [0.1, 0.15) is 6.10 Å². The summed E-state index contributed by atoms with van der Waals surface area (Å²) < 4.78 is 11.9. The van der Waals surface area contributed by atoms with Gasteiger partial charge in [-0.15, -0.1) is 0 Å². The molecule has 0 N–H and O–H groups in total. The van der Waals surface area contributed by atoms with Gasteiger partial charge in [-0.05, 0) is 38.1 Å². The molecule has 6 fully saturated rings. The number of rotatable bonds is 0. The van der Waals surface area contributed by atoms with Gasteiger partial charge in [-0.2, -0.15) is 0 Å². The molecule has 4 nitrogen and oxygen atoms in total. The average Bonchev–Trinajstić information content (AvgIpc) is 3.08. The summed E-state index contributed by atoms with van der Waals surface area (Å²) in [6.07, 6.45) is 5.67. The van der Waals surface area contributed by atoms with E-state index in [1.807, 2.05) is 0 Å². The molecule has 2 bridgehead atoms. The molecule has 0 aromatic heterocycles. The molecule has 8 atom stereocenters. The van der Waals surface area contributed by atoms with Crippen molar-refractivity contribution in [2.24, 2.45) is 23.2 Å². The molecule has 2 aliphatic carbocycles. The summed E-state index contributed by atoms with van der Waals surface area (Å²) in [5.41, 5.74) is 0.327. The minimum Gasteiger partial charge on any atom is -0.462 e. The molecule has 20 heavy (non-hydrogen) atoms. The highest BCUT2D eigenvalue weighted by atomic mass is 16.6. The monoisotopic (exact) mass is 275 g/mol. The standard InChI is InChI=1S/C16H21NO3/c1-8-6-15-9-3-2-4-17(15)7-12-13(19-12)16(8,15)10-5-11(9)20-14(10)18/h8-13H,2-7H2,1H3/t8-,9-,10+,11+,12-,13-,15-,16-/m1/s1. The van der Waals surface area contributed by atoms with Crippen LogP contribution in [0.4, 0.5) is 0 Å². The molecule has 0 unspecified atom stereocenters. The molecule has 4 saturated heterocycles. The van der Waals surface area contributed by atoms with Crippen molar-refractivity contribution in [3.63, 3.8) is 0 Å². The van der Waals surface area contributed by atoms with Crippen molar-refractivity contribution in [2.75, 3.05) is 13.1 Å². The fourth-order valence-electron chi connectivity index (χ4n) is 7.44. The van der Waals surface area contributed by atoms with Crippen LogP contribution in [0.5, 0.6) is 0 Å². The second kappa shape index (κ2) is 2.95. The fourth-order valence-corrected chi connectivity index (χ4v) is 7.44. The van der Waals surface area contributed by atoms with Gasteiger partial charge in [-0.1, -0.05) is 6.92 Å². The molecular weight excluding hydrogens is 254 g/mol. The first-order valence-electron chi connectivity index (χ1n) is 8.30. The topological polar surface area (TPSA) is 42.1 Å². The van der Waals surface area contributed by atoms with Gasteiger partial charge in [-0.25, -0.2) is 0 Å². The van der Waals surface area contributed by atoms with Crippen molar-refractivity contribution < 1.29 is 14.3 Å². The van der Waals surface area contributed by atoms with Crippen LogP contribution in [0.25, 0.3) is 0 Å². The summed E-state index contributed by atoms with van der Waals surface area (Å²) in [6.45, 7) is 4.65. The summed E-state index contributed by atoms with van der Waals surface area (Å²) in [7, 11) is 0. The van der Waals surface area contributed by atoms with E-state index in [0.717, 1.165) is 13.0 Å². The molecular formula is C16H21NO3. The highest BCUT2D eigenvalue weighted by molar-refractivity contribution is 5.78. The number of hydrogen-bond acceptors (Lipinski definition) is 4. The number of carbonyl (C=O) groups excluding carboxylic acids is 1. The fraction of sp³-hybridized carbons (Fsp3) is 0.938. The van der Waals surface area contributed by atoms with E-state index < -0.39 is 0 Å². The van der Waals surface area contributed by atoms with Crippen LogP contribution < -0.4 is 0 Å². The Hall–Kier alpha value is -0.610. The zero-order valence-corrected chi connectivity index (χ0v) is 11.9. The van der Waals surface area contributed by atoms with Crippen LogP contribution in [0, 0.1) is 23.2 Å². The van der Waals surface area contributed by atoms with Crippen LogP contribution in [0.1, 0.15) is 32.6 Å². The van der Waals surface area contributed by atoms with Gasteiger partial charge < -0.3 is 9.47 Å². The van der Waals surface area contributed by atoms with Gasteiger partial charge >= 0.3 is 5.97 Å². The van der Waals surface area contributed by atoms with E-state index >= 15 is 0 Å². The van der Waals surface area contributed by atoms with Gasteiger partial charge in [-0.3, -0.25) is 9.69 Å². The van der Waals surface area contributed by atoms with Gasteiger partial charge in [0.05, 0.1) is 18.1 Å². The predicted molar refractivity (Wildman–Crippen MR) is 69.9 cm³/mol. The Bertz CT molecular complexity index is 536. The lowest BCUT2D eigenvalue weighted by atomic mass is 9.34. The normalized spacial score (nSPS) is 65.5. The number of hydrogen-bond donors (Lipinski definition) is 0. The third-order valence-electron chi connectivity index (χ3n) is 7.80. The van der Waals surface area contributed by atoms with Crippen LogP contribution in [0.15, 0.2) is 0 Å². The highest BCUT2D eigenvalue weighted by Gasteiger charge is 2.86. The molecule has 6 aliphatic rings. The molecule has 6 rings (SSSR count). The summed E-state index contributed by atoms with van der Waals surface area (Å²) in [5, 5.41) is 0. The molecule has 108 valence electrons. The number of fused-ring (bicyclic) bond motifs is 4. The first kappa shape index (κ1) is 11.0. The third-order valence-corrected chi connectivity index (χ3v) is 7.80. The molecule has 0 radical (unpaired) electrons. The summed E-state index contributed by atoms with van der Waals surface area (Å²) >= 11 is 0. The SMILES string of the molecule is C[C@@H]1C[C@]23[C@@H]4CCCN2C[C@H]2O[C@H]2[C@]13[C@H]1C[C@@H]4OC1=O. The number of nitrogens with zero attached hydrogens (tertiary/aromatic N) is 1. The Balaban J connectivity index is 1.63. The maximum absolute atomic E-state index is 12.5. The number of piperidine rings is 2. The van der Waals surface area contributed by atoms with Crippen LogP contribution in [-0.4, -0.2) is 47.8 Å². The summed E-state index contributed by atoms with van der Waals surface area (Å²) in [4.78, 5) is 15.2. The van der Waals surface area contributed by atoms with E-state index in [9.17, 15) is 4.79 Å². The number of carbonyl (C=O) groups is 1. The van der Waals surface area contributed by atoms with Crippen molar-refractivity contribution in [3.05, 3.63) is 0 Å². The average molecular weight is 275 g/mol. The van der Waals surface area contributed by atoms with Gasteiger partial charge in [0.2, 0.25) is 0 Å². The highest BCUT2D eigenvalue weighted by Crippen LogP contribution is 2.78. The molecule has 4 aliphatic heterocycles. The summed E-state index contributed by atoms with van der Waals surface area (Å²) in [5.74, 6) is 1.38. The van der Waals surface area contributed by atoms with Crippen LogP contribution in [-0.2, 0) is 14.3 Å². The largest absolute Gasteiger partial charge is 0.462 e. The van der Waals surface area contributed by atoms with Crippen LogP contribution in [0.2, 0.25) is 0 Å². The van der Waals surface area contributed by atoms with Gasteiger partial charge in [0, 0.05) is 23.4 Å². The molecule has 0 aromatic rings. The maximum Gasteiger partial charge on any atom is 0.310 e. The van der Waals surface area contributed by atoms with E-state index in [1.54, 1.807) is 0 Å². The van der Waals surface area contributed by atoms with E-state index in [2.05, 4.69) is 11.8 Å². The Morgan fingerprint density at radius 1 is 1.35 bits per heavy atom. The zero-order valence-electron chi connectivity index (χ0n) is 11.9. The Labute approximate surface area is 118 Å². The molecule has 4 heterocycles.